The highest BCUT2D eigenvalue weighted by molar-refractivity contribution is 14.0. The topological polar surface area (TPSA) is 44.9 Å². The van der Waals surface area contributed by atoms with Crippen LogP contribution in [0.2, 0.25) is 0 Å². The summed E-state index contributed by atoms with van der Waals surface area (Å²) < 4.78 is 0. The monoisotopic (exact) mass is 444 g/mol. The van der Waals surface area contributed by atoms with Crippen molar-refractivity contribution in [2.75, 3.05) is 26.7 Å². The van der Waals surface area contributed by atoms with Crippen molar-refractivity contribution in [2.45, 2.75) is 45.7 Å². The Balaban J connectivity index is 0.00000288. The number of hydrogen-bond acceptors (Lipinski definition) is 2. The zero-order chi connectivity index (χ0) is 16.7. The summed E-state index contributed by atoms with van der Waals surface area (Å²) in [6.07, 6.45) is 3.58. The normalized spacial score (nSPS) is 19.9. The fourth-order valence-electron chi connectivity index (χ4n) is 3.11. The largest absolute Gasteiger partial charge is 0.370 e. The van der Waals surface area contributed by atoms with E-state index in [9.17, 15) is 0 Å². The predicted molar refractivity (Wildman–Crippen MR) is 114 cm³/mol. The van der Waals surface area contributed by atoms with Crippen molar-refractivity contribution in [3.05, 3.63) is 35.9 Å². The van der Waals surface area contributed by atoms with Gasteiger partial charge in [-0.2, -0.15) is 0 Å². The van der Waals surface area contributed by atoms with Crippen LogP contribution in [0.25, 0.3) is 0 Å². The van der Waals surface area contributed by atoms with Crippen LogP contribution >= 0.6 is 24.0 Å². The molecule has 0 aromatic heterocycles. The average molecular weight is 444 g/mol. The van der Waals surface area contributed by atoms with E-state index in [1.807, 2.05) is 0 Å². The maximum absolute atomic E-state index is 6.16. The zero-order valence-corrected chi connectivity index (χ0v) is 17.6. The molecule has 2 N–H and O–H groups in total. The van der Waals surface area contributed by atoms with Gasteiger partial charge >= 0.3 is 0 Å². The van der Waals surface area contributed by atoms with Gasteiger partial charge in [-0.05, 0) is 44.7 Å². The van der Waals surface area contributed by atoms with E-state index >= 15 is 0 Å². The summed E-state index contributed by atoms with van der Waals surface area (Å²) in [6.45, 7) is 8.45. The molecule has 0 amide bonds. The highest BCUT2D eigenvalue weighted by atomic mass is 127. The van der Waals surface area contributed by atoms with Crippen LogP contribution < -0.4 is 5.73 Å². The minimum absolute atomic E-state index is 0. The van der Waals surface area contributed by atoms with Crippen molar-refractivity contribution in [3.63, 3.8) is 0 Å². The summed E-state index contributed by atoms with van der Waals surface area (Å²) in [6, 6.07) is 11.1. The van der Waals surface area contributed by atoms with Gasteiger partial charge in [0, 0.05) is 32.2 Å². The van der Waals surface area contributed by atoms with Gasteiger partial charge in [0.2, 0.25) is 0 Å². The molecule has 5 heteroatoms. The number of rotatable bonds is 6. The van der Waals surface area contributed by atoms with Crippen molar-refractivity contribution < 1.29 is 0 Å². The van der Waals surface area contributed by atoms with E-state index in [-0.39, 0.29) is 24.0 Å². The molecule has 0 radical (unpaired) electrons. The van der Waals surface area contributed by atoms with Crippen molar-refractivity contribution in [2.24, 2.45) is 16.6 Å². The van der Waals surface area contributed by atoms with Gasteiger partial charge < -0.3 is 10.6 Å². The Labute approximate surface area is 164 Å². The molecule has 1 fully saturated rings. The Morgan fingerprint density at radius 2 is 2.08 bits per heavy atom. The van der Waals surface area contributed by atoms with E-state index < -0.39 is 0 Å². The number of benzene rings is 1. The van der Waals surface area contributed by atoms with Crippen molar-refractivity contribution >= 4 is 29.9 Å². The van der Waals surface area contributed by atoms with Crippen LogP contribution in [-0.4, -0.2) is 48.5 Å². The van der Waals surface area contributed by atoms with E-state index in [0.717, 1.165) is 44.5 Å². The highest BCUT2D eigenvalue weighted by Crippen LogP contribution is 2.15. The summed E-state index contributed by atoms with van der Waals surface area (Å²) in [7, 11) is 2.18. The second-order valence-electron chi connectivity index (χ2n) is 6.97. The molecule has 2 atom stereocenters. The minimum Gasteiger partial charge on any atom is -0.370 e. The molecule has 136 valence electrons. The Morgan fingerprint density at radius 3 is 2.75 bits per heavy atom. The molecule has 2 rings (SSSR count). The average Bonchev–Trinajstić information content (AvgIpc) is 2.55. The smallest absolute Gasteiger partial charge is 0.191 e. The molecule has 24 heavy (non-hydrogen) atoms. The molecular weight excluding hydrogens is 411 g/mol. The third-order valence-corrected chi connectivity index (χ3v) is 4.83. The number of guanidine groups is 1. The van der Waals surface area contributed by atoms with Crippen LogP contribution in [0.15, 0.2) is 35.3 Å². The van der Waals surface area contributed by atoms with Gasteiger partial charge in [-0.25, -0.2) is 0 Å². The molecule has 1 aromatic rings. The third kappa shape index (κ3) is 6.97. The van der Waals surface area contributed by atoms with Crippen LogP contribution in [0.1, 0.15) is 38.7 Å². The standard InChI is InChI=1S/C19H32N4.HI/c1-16-8-7-13-23(14-16)19(20)21-12-11-17(2)22(3)15-18-9-5-4-6-10-18;/h4-6,9-10,16-17H,7-8,11-15H2,1-3H3,(H2,20,21);1H. The lowest BCUT2D eigenvalue weighted by Crippen LogP contribution is -2.43. The zero-order valence-electron chi connectivity index (χ0n) is 15.3. The number of halogens is 1. The number of aliphatic imine (C=N–C) groups is 1. The summed E-state index contributed by atoms with van der Waals surface area (Å²) >= 11 is 0. The Bertz CT molecular complexity index is 491. The lowest BCUT2D eigenvalue weighted by atomic mass is 10.0. The first-order chi connectivity index (χ1) is 11.1. The number of hydrogen-bond donors (Lipinski definition) is 1. The van der Waals surface area contributed by atoms with Gasteiger partial charge in [0.25, 0.3) is 0 Å². The fraction of sp³-hybridized carbons (Fsp3) is 0.632. The molecule has 1 aliphatic rings. The van der Waals surface area contributed by atoms with Crippen LogP contribution in [-0.2, 0) is 6.54 Å². The van der Waals surface area contributed by atoms with Crippen LogP contribution in [0.4, 0.5) is 0 Å². The molecular formula is C19H33IN4. The van der Waals surface area contributed by atoms with Gasteiger partial charge in [-0.15, -0.1) is 24.0 Å². The van der Waals surface area contributed by atoms with E-state index in [1.165, 1.54) is 18.4 Å². The van der Waals surface area contributed by atoms with Gasteiger partial charge in [0.15, 0.2) is 5.96 Å². The number of nitrogens with two attached hydrogens (primary N) is 1. The predicted octanol–water partition coefficient (Wildman–Crippen LogP) is 3.56. The van der Waals surface area contributed by atoms with E-state index in [4.69, 9.17) is 5.73 Å². The van der Waals surface area contributed by atoms with Gasteiger partial charge in [0.1, 0.15) is 0 Å². The summed E-state index contributed by atoms with van der Waals surface area (Å²) in [5.74, 6) is 1.46. The van der Waals surface area contributed by atoms with Gasteiger partial charge in [-0.1, -0.05) is 37.3 Å². The van der Waals surface area contributed by atoms with Gasteiger partial charge in [0.05, 0.1) is 0 Å². The molecule has 1 aromatic carbocycles. The van der Waals surface area contributed by atoms with Crippen LogP contribution in [0.3, 0.4) is 0 Å². The second kappa shape index (κ2) is 10.9. The van der Waals surface area contributed by atoms with Crippen LogP contribution in [0, 0.1) is 5.92 Å². The Morgan fingerprint density at radius 1 is 1.38 bits per heavy atom. The summed E-state index contributed by atoms with van der Waals surface area (Å²) in [5.41, 5.74) is 7.51. The van der Waals surface area contributed by atoms with Crippen LogP contribution in [0.5, 0.6) is 0 Å². The Hall–Kier alpha value is -0.820. The molecule has 0 aliphatic carbocycles. The fourth-order valence-corrected chi connectivity index (χ4v) is 3.11. The quantitative estimate of drug-likeness (QED) is 0.415. The van der Waals surface area contributed by atoms with E-state index in [2.05, 4.69) is 66.0 Å². The first kappa shape index (κ1) is 21.2. The molecule has 0 bridgehead atoms. The number of nitrogens with zero attached hydrogens (tertiary/aromatic N) is 3. The molecule has 2 unspecified atom stereocenters. The molecule has 1 saturated heterocycles. The maximum Gasteiger partial charge on any atom is 0.191 e. The lowest BCUT2D eigenvalue weighted by molar-refractivity contribution is 0.239. The first-order valence-corrected chi connectivity index (χ1v) is 8.85. The molecule has 4 nitrogen and oxygen atoms in total. The molecule has 1 aliphatic heterocycles. The van der Waals surface area contributed by atoms with E-state index in [0.29, 0.717) is 6.04 Å². The number of piperidine rings is 1. The van der Waals surface area contributed by atoms with Crippen molar-refractivity contribution in [1.29, 1.82) is 0 Å². The Kier molecular flexibility index (Phi) is 9.66. The SMILES string of the molecule is CC1CCCN(C(N)=NCCC(C)N(C)Cc2ccccc2)C1.I. The van der Waals surface area contributed by atoms with Crippen molar-refractivity contribution in [3.8, 4) is 0 Å². The van der Waals surface area contributed by atoms with E-state index in [1.54, 1.807) is 0 Å². The summed E-state index contributed by atoms with van der Waals surface area (Å²) in [4.78, 5) is 9.23. The molecule has 1 heterocycles. The summed E-state index contributed by atoms with van der Waals surface area (Å²) in [5, 5.41) is 0. The third-order valence-electron chi connectivity index (χ3n) is 4.83. The highest BCUT2D eigenvalue weighted by Gasteiger charge is 2.17. The van der Waals surface area contributed by atoms with Gasteiger partial charge in [-0.3, -0.25) is 9.89 Å². The minimum atomic E-state index is 0. The van der Waals surface area contributed by atoms with Crippen molar-refractivity contribution in [1.82, 2.24) is 9.80 Å². The first-order valence-electron chi connectivity index (χ1n) is 8.85. The molecule has 0 saturated carbocycles. The number of likely N-dealkylation sites (tertiary alicyclic amines) is 1. The lowest BCUT2D eigenvalue weighted by Gasteiger charge is -2.31. The maximum atomic E-state index is 6.16. The molecule has 0 spiro atoms. The second-order valence-corrected chi connectivity index (χ2v) is 6.97.